The molecule has 1 heterocycles. The molecule has 1 aliphatic heterocycles. The summed E-state index contributed by atoms with van der Waals surface area (Å²) in [7, 11) is 0. The van der Waals surface area contributed by atoms with Crippen molar-refractivity contribution in [2.75, 3.05) is 11.9 Å². The Morgan fingerprint density at radius 1 is 1.30 bits per heavy atom. The second-order valence-electron chi connectivity index (χ2n) is 5.94. The number of anilines is 1. The third kappa shape index (κ3) is 4.71. The summed E-state index contributed by atoms with van der Waals surface area (Å²) in [6.07, 6.45) is 5.22. The molecule has 0 amide bonds. The number of piperidine rings is 1. The van der Waals surface area contributed by atoms with E-state index in [1.165, 1.54) is 24.9 Å². The van der Waals surface area contributed by atoms with Gasteiger partial charge in [0.15, 0.2) is 0 Å². The van der Waals surface area contributed by atoms with E-state index in [9.17, 15) is 0 Å². The van der Waals surface area contributed by atoms with Gasteiger partial charge < -0.3 is 15.4 Å². The van der Waals surface area contributed by atoms with Crippen LogP contribution in [0.2, 0.25) is 0 Å². The zero-order chi connectivity index (χ0) is 14.4. The largest absolute Gasteiger partial charge is 0.491 e. The fourth-order valence-electron chi connectivity index (χ4n) is 2.61. The summed E-state index contributed by atoms with van der Waals surface area (Å²) in [5.74, 6) is 0.953. The van der Waals surface area contributed by atoms with Gasteiger partial charge in [0.2, 0.25) is 0 Å². The van der Waals surface area contributed by atoms with Gasteiger partial charge in [0.05, 0.1) is 6.10 Å². The molecule has 3 nitrogen and oxygen atoms in total. The smallest absolute Gasteiger partial charge is 0.119 e. The van der Waals surface area contributed by atoms with Crippen molar-refractivity contribution < 1.29 is 4.74 Å². The Kier molecular flexibility index (Phi) is 5.72. The Hall–Kier alpha value is -1.22. The minimum absolute atomic E-state index is 0.279. The fraction of sp³-hybridized carbons (Fsp3) is 0.647. The SMILES string of the molecule is CCC(C)Oc1ccc(NCC2CCCC(C)N2)cc1. The molecule has 2 N–H and O–H groups in total. The first kappa shape index (κ1) is 15.2. The van der Waals surface area contributed by atoms with Gasteiger partial charge in [-0.05, 0) is 57.4 Å². The maximum Gasteiger partial charge on any atom is 0.119 e. The highest BCUT2D eigenvalue weighted by Gasteiger charge is 2.17. The Labute approximate surface area is 123 Å². The Bertz CT molecular complexity index is 390. The molecular weight excluding hydrogens is 248 g/mol. The van der Waals surface area contributed by atoms with Gasteiger partial charge in [-0.15, -0.1) is 0 Å². The van der Waals surface area contributed by atoms with Crippen molar-refractivity contribution in [3.8, 4) is 5.75 Å². The molecule has 0 bridgehead atoms. The topological polar surface area (TPSA) is 33.3 Å². The van der Waals surface area contributed by atoms with Crippen LogP contribution in [0.3, 0.4) is 0 Å². The van der Waals surface area contributed by atoms with Crippen molar-refractivity contribution in [3.05, 3.63) is 24.3 Å². The van der Waals surface area contributed by atoms with E-state index in [1.807, 2.05) is 12.1 Å². The van der Waals surface area contributed by atoms with Crippen LogP contribution in [0.25, 0.3) is 0 Å². The summed E-state index contributed by atoms with van der Waals surface area (Å²) >= 11 is 0. The molecule has 0 aromatic heterocycles. The summed E-state index contributed by atoms with van der Waals surface area (Å²) in [6, 6.07) is 9.54. The fourth-order valence-corrected chi connectivity index (χ4v) is 2.61. The minimum Gasteiger partial charge on any atom is -0.491 e. The molecule has 20 heavy (non-hydrogen) atoms. The van der Waals surface area contributed by atoms with Crippen LogP contribution in [0.5, 0.6) is 5.75 Å². The minimum atomic E-state index is 0.279. The van der Waals surface area contributed by atoms with E-state index < -0.39 is 0 Å². The summed E-state index contributed by atoms with van der Waals surface area (Å²) < 4.78 is 5.79. The summed E-state index contributed by atoms with van der Waals surface area (Å²) in [4.78, 5) is 0. The number of hydrogen-bond donors (Lipinski definition) is 2. The normalized spacial score (nSPS) is 24.1. The first-order valence-electron chi connectivity index (χ1n) is 7.94. The predicted molar refractivity (Wildman–Crippen MR) is 85.5 cm³/mol. The molecule has 3 unspecified atom stereocenters. The van der Waals surface area contributed by atoms with Crippen molar-refractivity contribution >= 4 is 5.69 Å². The van der Waals surface area contributed by atoms with Crippen molar-refractivity contribution in [3.63, 3.8) is 0 Å². The van der Waals surface area contributed by atoms with Gasteiger partial charge in [0, 0.05) is 24.3 Å². The monoisotopic (exact) mass is 276 g/mol. The Balaban J connectivity index is 1.78. The lowest BCUT2D eigenvalue weighted by atomic mass is 9.99. The number of ether oxygens (including phenoxy) is 1. The molecule has 2 rings (SSSR count). The number of hydrogen-bond acceptors (Lipinski definition) is 3. The molecule has 0 aliphatic carbocycles. The molecule has 1 aromatic carbocycles. The highest BCUT2D eigenvalue weighted by Crippen LogP contribution is 2.18. The van der Waals surface area contributed by atoms with E-state index in [-0.39, 0.29) is 6.10 Å². The van der Waals surface area contributed by atoms with Crippen LogP contribution in [-0.2, 0) is 0 Å². The molecule has 1 aromatic rings. The third-order valence-corrected chi connectivity index (χ3v) is 4.03. The van der Waals surface area contributed by atoms with Crippen molar-refractivity contribution in [1.29, 1.82) is 0 Å². The van der Waals surface area contributed by atoms with Gasteiger partial charge in [-0.25, -0.2) is 0 Å². The van der Waals surface area contributed by atoms with Gasteiger partial charge in [0.25, 0.3) is 0 Å². The Morgan fingerprint density at radius 3 is 2.70 bits per heavy atom. The lowest BCUT2D eigenvalue weighted by Gasteiger charge is -2.29. The van der Waals surface area contributed by atoms with Crippen LogP contribution in [0.1, 0.15) is 46.5 Å². The lowest BCUT2D eigenvalue weighted by molar-refractivity contribution is 0.217. The standard InChI is InChI=1S/C17H28N2O/c1-4-14(3)20-17-10-8-15(9-11-17)18-12-16-7-5-6-13(2)19-16/h8-11,13-14,16,18-19H,4-7,12H2,1-3H3. The van der Waals surface area contributed by atoms with Crippen molar-refractivity contribution in [2.45, 2.75) is 64.6 Å². The summed E-state index contributed by atoms with van der Waals surface area (Å²) in [6.45, 7) is 7.50. The van der Waals surface area contributed by atoms with E-state index in [4.69, 9.17) is 4.74 Å². The highest BCUT2D eigenvalue weighted by molar-refractivity contribution is 5.46. The van der Waals surface area contributed by atoms with Gasteiger partial charge >= 0.3 is 0 Å². The molecule has 112 valence electrons. The molecule has 3 atom stereocenters. The summed E-state index contributed by atoms with van der Waals surface area (Å²) in [5, 5.41) is 7.16. The molecule has 1 fully saturated rings. The number of rotatable bonds is 6. The molecule has 3 heteroatoms. The number of nitrogens with one attached hydrogen (secondary N) is 2. The predicted octanol–water partition coefficient (Wildman–Crippen LogP) is 3.81. The van der Waals surface area contributed by atoms with Gasteiger partial charge in [-0.2, -0.15) is 0 Å². The summed E-state index contributed by atoms with van der Waals surface area (Å²) in [5.41, 5.74) is 1.17. The van der Waals surface area contributed by atoms with Crippen LogP contribution < -0.4 is 15.4 Å². The van der Waals surface area contributed by atoms with Crippen LogP contribution >= 0.6 is 0 Å². The highest BCUT2D eigenvalue weighted by atomic mass is 16.5. The van der Waals surface area contributed by atoms with Crippen LogP contribution in [0, 0.1) is 0 Å². The Morgan fingerprint density at radius 2 is 2.05 bits per heavy atom. The van der Waals surface area contributed by atoms with E-state index >= 15 is 0 Å². The van der Waals surface area contributed by atoms with E-state index in [0.29, 0.717) is 12.1 Å². The molecular formula is C17H28N2O. The average molecular weight is 276 g/mol. The molecule has 1 saturated heterocycles. The maximum absolute atomic E-state index is 5.79. The third-order valence-electron chi connectivity index (χ3n) is 4.03. The first-order valence-corrected chi connectivity index (χ1v) is 7.94. The van der Waals surface area contributed by atoms with Crippen LogP contribution in [0.4, 0.5) is 5.69 Å². The van der Waals surface area contributed by atoms with E-state index in [1.54, 1.807) is 0 Å². The van der Waals surface area contributed by atoms with Gasteiger partial charge in [-0.1, -0.05) is 13.3 Å². The van der Waals surface area contributed by atoms with E-state index in [0.717, 1.165) is 18.7 Å². The lowest BCUT2D eigenvalue weighted by Crippen LogP contribution is -2.44. The van der Waals surface area contributed by atoms with E-state index in [2.05, 4.69) is 43.5 Å². The zero-order valence-corrected chi connectivity index (χ0v) is 13.0. The first-order chi connectivity index (χ1) is 9.67. The van der Waals surface area contributed by atoms with Crippen LogP contribution in [-0.4, -0.2) is 24.7 Å². The van der Waals surface area contributed by atoms with Crippen LogP contribution in [0.15, 0.2) is 24.3 Å². The molecule has 0 radical (unpaired) electrons. The van der Waals surface area contributed by atoms with Crippen molar-refractivity contribution in [2.24, 2.45) is 0 Å². The average Bonchev–Trinajstić information content (AvgIpc) is 2.46. The molecule has 1 aliphatic rings. The molecule has 0 saturated carbocycles. The maximum atomic E-state index is 5.79. The number of benzene rings is 1. The quantitative estimate of drug-likeness (QED) is 0.829. The zero-order valence-electron chi connectivity index (χ0n) is 13.0. The second-order valence-corrected chi connectivity index (χ2v) is 5.94. The van der Waals surface area contributed by atoms with Crippen molar-refractivity contribution in [1.82, 2.24) is 5.32 Å². The van der Waals surface area contributed by atoms with Gasteiger partial charge in [0.1, 0.15) is 5.75 Å². The second kappa shape index (κ2) is 7.53. The van der Waals surface area contributed by atoms with Gasteiger partial charge in [-0.3, -0.25) is 0 Å². The molecule has 0 spiro atoms.